The van der Waals surface area contributed by atoms with Gasteiger partial charge >= 0.3 is 0 Å². The fraction of sp³-hybridized carbons (Fsp3) is 0.333. The van der Waals surface area contributed by atoms with Gasteiger partial charge in [0.1, 0.15) is 5.82 Å². The van der Waals surface area contributed by atoms with E-state index >= 15 is 0 Å². The van der Waals surface area contributed by atoms with Crippen LogP contribution in [0.25, 0.3) is 10.8 Å². The van der Waals surface area contributed by atoms with Crippen molar-refractivity contribution in [3.05, 3.63) is 60.4 Å². The van der Waals surface area contributed by atoms with Crippen LogP contribution in [0.2, 0.25) is 0 Å². The Morgan fingerprint density at radius 3 is 2.46 bits per heavy atom. The minimum absolute atomic E-state index is 0.228. The van der Waals surface area contributed by atoms with Crippen molar-refractivity contribution >= 4 is 22.6 Å². The molecule has 1 saturated carbocycles. The Morgan fingerprint density at radius 1 is 1.08 bits per heavy atom. The molecule has 2 amide bonds. The molecule has 0 radical (unpaired) electrons. The third-order valence-corrected chi connectivity index (χ3v) is 5.09. The Balaban J connectivity index is 1.80. The van der Waals surface area contributed by atoms with Crippen LogP contribution in [0.4, 0.5) is 4.39 Å². The molecule has 0 atom stereocenters. The summed E-state index contributed by atoms with van der Waals surface area (Å²) in [5, 5.41) is 6.95. The van der Waals surface area contributed by atoms with E-state index in [1.165, 1.54) is 18.2 Å². The van der Waals surface area contributed by atoms with Crippen molar-refractivity contribution in [1.29, 1.82) is 0 Å². The van der Waals surface area contributed by atoms with E-state index in [9.17, 15) is 14.0 Å². The molecular weight excluding hydrogens is 331 g/mol. The maximum Gasteiger partial charge on any atom is 0.251 e. The van der Waals surface area contributed by atoms with E-state index in [1.54, 1.807) is 24.3 Å². The lowest BCUT2D eigenvalue weighted by molar-refractivity contribution is -0.118. The fourth-order valence-corrected chi connectivity index (χ4v) is 3.69. The summed E-state index contributed by atoms with van der Waals surface area (Å²) >= 11 is 0. The molecule has 2 N–H and O–H groups in total. The second-order valence-corrected chi connectivity index (χ2v) is 6.86. The van der Waals surface area contributed by atoms with E-state index in [0.29, 0.717) is 22.9 Å². The van der Waals surface area contributed by atoms with Crippen molar-refractivity contribution < 1.29 is 14.0 Å². The zero-order valence-corrected chi connectivity index (χ0v) is 14.7. The second-order valence-electron chi connectivity index (χ2n) is 6.86. The van der Waals surface area contributed by atoms with Crippen LogP contribution >= 0.6 is 0 Å². The minimum atomic E-state index is -0.449. The third-order valence-electron chi connectivity index (χ3n) is 5.09. The number of rotatable bonds is 5. The van der Waals surface area contributed by atoms with Gasteiger partial charge in [0.2, 0.25) is 5.91 Å². The minimum Gasteiger partial charge on any atom is -0.350 e. The van der Waals surface area contributed by atoms with Gasteiger partial charge in [0.25, 0.3) is 5.91 Å². The van der Waals surface area contributed by atoms with Gasteiger partial charge in [-0.2, -0.15) is 0 Å². The Morgan fingerprint density at radius 2 is 1.77 bits per heavy atom. The SMILES string of the molecule is C=CC(=O)NC1(CNC(=O)c2ccc(F)c3ccccc23)CCCCC1. The number of benzene rings is 2. The molecule has 1 fully saturated rings. The lowest BCUT2D eigenvalue weighted by Gasteiger charge is -2.38. The van der Waals surface area contributed by atoms with Gasteiger partial charge in [0, 0.05) is 17.5 Å². The summed E-state index contributed by atoms with van der Waals surface area (Å²) in [4.78, 5) is 24.6. The summed E-state index contributed by atoms with van der Waals surface area (Å²) in [5.74, 6) is -0.841. The standard InChI is InChI=1S/C21H23FN2O2/c1-2-19(25)24-21(12-6-3-7-13-21)14-23-20(26)17-10-11-18(22)16-9-5-4-8-15(16)17/h2,4-5,8-11H,1,3,6-7,12-14H2,(H,23,26)(H,24,25). The van der Waals surface area contributed by atoms with E-state index in [-0.39, 0.29) is 17.6 Å². The summed E-state index contributed by atoms with van der Waals surface area (Å²) in [5.41, 5.74) is -0.0160. The molecule has 1 aliphatic rings. The highest BCUT2D eigenvalue weighted by Gasteiger charge is 2.33. The van der Waals surface area contributed by atoms with Crippen molar-refractivity contribution in [3.63, 3.8) is 0 Å². The summed E-state index contributed by atoms with van der Waals surface area (Å²) < 4.78 is 14.0. The number of fused-ring (bicyclic) bond motifs is 1. The van der Waals surface area contributed by atoms with Crippen LogP contribution in [0.1, 0.15) is 42.5 Å². The van der Waals surface area contributed by atoms with Gasteiger partial charge in [-0.25, -0.2) is 4.39 Å². The molecule has 0 heterocycles. The van der Waals surface area contributed by atoms with Gasteiger partial charge in [-0.15, -0.1) is 0 Å². The quantitative estimate of drug-likeness (QED) is 0.804. The maximum absolute atomic E-state index is 14.0. The highest BCUT2D eigenvalue weighted by atomic mass is 19.1. The lowest BCUT2D eigenvalue weighted by atomic mass is 9.81. The van der Waals surface area contributed by atoms with E-state index in [2.05, 4.69) is 17.2 Å². The molecule has 2 aromatic carbocycles. The summed E-state index contributed by atoms with van der Waals surface area (Å²) in [7, 11) is 0. The van der Waals surface area contributed by atoms with Crippen LogP contribution in [0.5, 0.6) is 0 Å². The maximum atomic E-state index is 14.0. The van der Waals surface area contributed by atoms with E-state index in [1.807, 2.05) is 0 Å². The van der Waals surface area contributed by atoms with Crippen molar-refractivity contribution in [2.45, 2.75) is 37.6 Å². The van der Waals surface area contributed by atoms with Crippen molar-refractivity contribution in [2.24, 2.45) is 0 Å². The highest BCUT2D eigenvalue weighted by Crippen LogP contribution is 2.28. The van der Waals surface area contributed by atoms with E-state index in [4.69, 9.17) is 0 Å². The van der Waals surface area contributed by atoms with Gasteiger partial charge in [-0.1, -0.05) is 50.1 Å². The van der Waals surface area contributed by atoms with Crippen LogP contribution in [0, 0.1) is 5.82 Å². The number of carbonyl (C=O) groups is 2. The summed E-state index contributed by atoms with van der Waals surface area (Å²) in [6.07, 6.45) is 6.03. The first-order valence-corrected chi connectivity index (χ1v) is 8.95. The molecule has 5 heteroatoms. The van der Waals surface area contributed by atoms with Crippen LogP contribution in [-0.4, -0.2) is 23.9 Å². The number of hydrogen-bond donors (Lipinski definition) is 2. The molecule has 136 valence electrons. The Bertz CT molecular complexity index is 841. The monoisotopic (exact) mass is 354 g/mol. The predicted molar refractivity (Wildman–Crippen MR) is 100 cm³/mol. The number of carbonyl (C=O) groups excluding carboxylic acids is 2. The topological polar surface area (TPSA) is 58.2 Å². The van der Waals surface area contributed by atoms with Crippen molar-refractivity contribution in [2.75, 3.05) is 6.54 Å². The molecule has 1 aliphatic carbocycles. The highest BCUT2D eigenvalue weighted by molar-refractivity contribution is 6.07. The van der Waals surface area contributed by atoms with Gasteiger partial charge in [-0.3, -0.25) is 9.59 Å². The number of nitrogens with one attached hydrogen (secondary N) is 2. The number of amides is 2. The van der Waals surface area contributed by atoms with Crippen LogP contribution in [-0.2, 0) is 4.79 Å². The summed E-state index contributed by atoms with van der Waals surface area (Å²) in [6, 6.07) is 9.74. The van der Waals surface area contributed by atoms with Gasteiger partial charge in [0.15, 0.2) is 0 Å². The largest absolute Gasteiger partial charge is 0.350 e. The normalized spacial score (nSPS) is 16.0. The summed E-state index contributed by atoms with van der Waals surface area (Å²) in [6.45, 7) is 3.85. The Labute approximate surface area is 152 Å². The molecule has 0 spiro atoms. The molecule has 4 nitrogen and oxygen atoms in total. The van der Waals surface area contributed by atoms with Crippen LogP contribution < -0.4 is 10.6 Å². The van der Waals surface area contributed by atoms with Crippen LogP contribution in [0.15, 0.2) is 49.1 Å². The molecule has 0 aromatic heterocycles. The van der Waals surface area contributed by atoms with Crippen molar-refractivity contribution in [3.8, 4) is 0 Å². The smallest absolute Gasteiger partial charge is 0.251 e. The first-order chi connectivity index (χ1) is 12.5. The average Bonchev–Trinajstić information content (AvgIpc) is 2.67. The first-order valence-electron chi connectivity index (χ1n) is 8.95. The van der Waals surface area contributed by atoms with Crippen LogP contribution in [0.3, 0.4) is 0 Å². The lowest BCUT2D eigenvalue weighted by Crippen LogP contribution is -2.56. The van der Waals surface area contributed by atoms with Gasteiger partial charge in [-0.05, 0) is 36.4 Å². The molecule has 0 unspecified atom stereocenters. The average molecular weight is 354 g/mol. The molecule has 0 bridgehead atoms. The Hall–Kier alpha value is -2.69. The van der Waals surface area contributed by atoms with Crippen molar-refractivity contribution in [1.82, 2.24) is 10.6 Å². The third kappa shape index (κ3) is 3.77. The zero-order chi connectivity index (χ0) is 18.6. The number of halogens is 1. The molecule has 26 heavy (non-hydrogen) atoms. The molecule has 2 aromatic rings. The van der Waals surface area contributed by atoms with E-state index in [0.717, 1.165) is 32.1 Å². The molecule has 3 rings (SSSR count). The first kappa shape index (κ1) is 18.1. The molecular formula is C21H23FN2O2. The second kappa shape index (κ2) is 7.68. The predicted octanol–water partition coefficient (Wildman–Crippen LogP) is 3.71. The number of hydrogen-bond acceptors (Lipinski definition) is 2. The van der Waals surface area contributed by atoms with E-state index < -0.39 is 5.54 Å². The van der Waals surface area contributed by atoms with Gasteiger partial charge in [0.05, 0.1) is 5.54 Å². The fourth-order valence-electron chi connectivity index (χ4n) is 3.69. The zero-order valence-electron chi connectivity index (χ0n) is 14.7. The Kier molecular flexibility index (Phi) is 5.35. The molecule has 0 saturated heterocycles. The van der Waals surface area contributed by atoms with Gasteiger partial charge < -0.3 is 10.6 Å². The molecule has 0 aliphatic heterocycles.